The van der Waals surface area contributed by atoms with Crippen LogP contribution in [0.2, 0.25) is 0 Å². The number of nitrogens with zero attached hydrogens (tertiary/aromatic N) is 3. The normalized spacial score (nSPS) is 12.8. The number of carbonyl (C=O) groups excluding carboxylic acids is 1. The minimum absolute atomic E-state index is 0.154. The lowest BCUT2D eigenvalue weighted by Gasteiger charge is -2.29. The van der Waals surface area contributed by atoms with Crippen molar-refractivity contribution in [2.24, 2.45) is 0 Å². The van der Waals surface area contributed by atoms with Gasteiger partial charge in [-0.25, -0.2) is 9.97 Å². The van der Waals surface area contributed by atoms with Gasteiger partial charge in [0.15, 0.2) is 5.75 Å². The number of carbonyl (C=O) groups is 1. The van der Waals surface area contributed by atoms with E-state index >= 15 is 0 Å². The summed E-state index contributed by atoms with van der Waals surface area (Å²) in [4.78, 5) is 22.7. The Kier molecular flexibility index (Phi) is 5.29. The zero-order valence-corrected chi connectivity index (χ0v) is 16.2. The lowest BCUT2D eigenvalue weighted by atomic mass is 10.1. The summed E-state index contributed by atoms with van der Waals surface area (Å²) >= 11 is 0. The van der Waals surface area contributed by atoms with Gasteiger partial charge in [-0.15, -0.1) is 0 Å². The standard InChI is InChI=1S/C22H22N4O3/c1-3-19(27)26-11-12-29-21-18(26)8-7-17-20(21)22(25-14-24-17)23-10-9-15-5-4-6-16(13-15)28-2/h3-8,13-14H,1,9-12H2,2H3,(H,23,24,25). The van der Waals surface area contributed by atoms with Crippen LogP contribution in [0, 0.1) is 0 Å². The molecule has 2 aromatic carbocycles. The lowest BCUT2D eigenvalue weighted by Crippen LogP contribution is -2.36. The highest BCUT2D eigenvalue weighted by molar-refractivity contribution is 6.07. The maximum absolute atomic E-state index is 12.2. The van der Waals surface area contributed by atoms with Crippen molar-refractivity contribution in [1.29, 1.82) is 0 Å². The SMILES string of the molecule is C=CC(=O)N1CCOc2c1ccc1ncnc(NCCc3cccc(OC)c3)c21. The van der Waals surface area contributed by atoms with Crippen LogP contribution in [0.5, 0.6) is 11.5 Å². The van der Waals surface area contributed by atoms with E-state index in [2.05, 4.69) is 27.9 Å². The molecule has 1 aliphatic heterocycles. The molecule has 4 rings (SSSR count). The van der Waals surface area contributed by atoms with Crippen molar-refractivity contribution in [3.8, 4) is 11.5 Å². The Morgan fingerprint density at radius 1 is 1.34 bits per heavy atom. The predicted molar refractivity (Wildman–Crippen MR) is 113 cm³/mol. The Hall–Kier alpha value is -3.61. The zero-order chi connectivity index (χ0) is 20.2. The molecular weight excluding hydrogens is 368 g/mol. The monoisotopic (exact) mass is 390 g/mol. The average molecular weight is 390 g/mol. The number of benzene rings is 2. The van der Waals surface area contributed by atoms with Gasteiger partial charge in [0.1, 0.15) is 24.5 Å². The minimum atomic E-state index is -0.154. The van der Waals surface area contributed by atoms with Gasteiger partial charge in [-0.1, -0.05) is 18.7 Å². The number of amides is 1. The molecule has 0 fully saturated rings. The number of rotatable bonds is 6. The first kappa shape index (κ1) is 18.7. The van der Waals surface area contributed by atoms with E-state index in [1.165, 1.54) is 12.4 Å². The van der Waals surface area contributed by atoms with Crippen molar-refractivity contribution < 1.29 is 14.3 Å². The number of ether oxygens (including phenoxy) is 2. The fourth-order valence-corrected chi connectivity index (χ4v) is 3.46. The van der Waals surface area contributed by atoms with E-state index in [9.17, 15) is 4.79 Å². The van der Waals surface area contributed by atoms with Crippen LogP contribution >= 0.6 is 0 Å². The first-order valence-electron chi connectivity index (χ1n) is 9.42. The van der Waals surface area contributed by atoms with Gasteiger partial charge < -0.3 is 19.7 Å². The van der Waals surface area contributed by atoms with E-state index in [-0.39, 0.29) is 5.91 Å². The molecular formula is C22H22N4O3. The molecule has 29 heavy (non-hydrogen) atoms. The summed E-state index contributed by atoms with van der Waals surface area (Å²) in [5.41, 5.74) is 2.63. The van der Waals surface area contributed by atoms with Gasteiger partial charge in [0, 0.05) is 6.54 Å². The largest absolute Gasteiger partial charge is 0.497 e. The summed E-state index contributed by atoms with van der Waals surface area (Å²) in [7, 11) is 1.66. The number of anilines is 2. The van der Waals surface area contributed by atoms with E-state index in [1.807, 2.05) is 30.3 Å². The van der Waals surface area contributed by atoms with Gasteiger partial charge in [-0.05, 0) is 42.3 Å². The maximum Gasteiger partial charge on any atom is 0.250 e. The third-order valence-corrected chi connectivity index (χ3v) is 4.87. The highest BCUT2D eigenvalue weighted by atomic mass is 16.5. The molecule has 7 nitrogen and oxygen atoms in total. The lowest BCUT2D eigenvalue weighted by molar-refractivity contribution is -0.114. The van der Waals surface area contributed by atoms with Gasteiger partial charge in [-0.3, -0.25) is 4.79 Å². The molecule has 1 aliphatic rings. The molecule has 1 aromatic heterocycles. The Morgan fingerprint density at radius 2 is 2.24 bits per heavy atom. The Morgan fingerprint density at radius 3 is 3.07 bits per heavy atom. The maximum atomic E-state index is 12.2. The molecule has 0 bridgehead atoms. The number of hydrogen-bond acceptors (Lipinski definition) is 6. The molecule has 1 N–H and O–H groups in total. The fourth-order valence-electron chi connectivity index (χ4n) is 3.46. The molecule has 0 saturated carbocycles. The third kappa shape index (κ3) is 3.71. The van der Waals surface area contributed by atoms with E-state index < -0.39 is 0 Å². The summed E-state index contributed by atoms with van der Waals surface area (Å²) in [5.74, 6) is 1.98. The molecule has 148 valence electrons. The summed E-state index contributed by atoms with van der Waals surface area (Å²) in [5, 5.41) is 4.16. The van der Waals surface area contributed by atoms with Crippen LogP contribution in [0.25, 0.3) is 10.9 Å². The summed E-state index contributed by atoms with van der Waals surface area (Å²) in [6, 6.07) is 11.7. The van der Waals surface area contributed by atoms with Gasteiger partial charge in [0.05, 0.1) is 30.2 Å². The smallest absolute Gasteiger partial charge is 0.250 e. The quantitative estimate of drug-likeness (QED) is 0.652. The number of fused-ring (bicyclic) bond motifs is 3. The van der Waals surface area contributed by atoms with Gasteiger partial charge in [0.25, 0.3) is 5.91 Å². The van der Waals surface area contributed by atoms with Crippen LogP contribution < -0.4 is 19.7 Å². The molecule has 0 aliphatic carbocycles. The molecule has 2 heterocycles. The Balaban J connectivity index is 1.63. The van der Waals surface area contributed by atoms with Crippen LogP contribution in [-0.2, 0) is 11.2 Å². The van der Waals surface area contributed by atoms with Gasteiger partial charge in [0.2, 0.25) is 0 Å². The topological polar surface area (TPSA) is 76.6 Å². The van der Waals surface area contributed by atoms with E-state index in [1.54, 1.807) is 12.0 Å². The molecule has 1 amide bonds. The summed E-state index contributed by atoms with van der Waals surface area (Å²) in [6.45, 7) is 5.16. The number of hydrogen-bond donors (Lipinski definition) is 1. The molecule has 3 aromatic rings. The van der Waals surface area contributed by atoms with Gasteiger partial charge in [-0.2, -0.15) is 0 Å². The number of methoxy groups -OCH3 is 1. The Bertz CT molecular complexity index is 1070. The molecule has 7 heteroatoms. The average Bonchev–Trinajstić information content (AvgIpc) is 2.78. The number of nitrogens with one attached hydrogen (secondary N) is 1. The predicted octanol–water partition coefficient (Wildman–Crippen LogP) is 3.20. The molecule has 0 unspecified atom stereocenters. The highest BCUT2D eigenvalue weighted by Crippen LogP contribution is 2.40. The van der Waals surface area contributed by atoms with Crippen molar-refractivity contribution in [3.05, 3.63) is 60.9 Å². The second-order valence-corrected chi connectivity index (χ2v) is 6.60. The second-order valence-electron chi connectivity index (χ2n) is 6.60. The fraction of sp³-hybridized carbons (Fsp3) is 0.227. The van der Waals surface area contributed by atoms with Crippen LogP contribution in [0.15, 0.2) is 55.4 Å². The second kappa shape index (κ2) is 8.18. The first-order chi connectivity index (χ1) is 14.2. The molecule has 0 spiro atoms. The first-order valence-corrected chi connectivity index (χ1v) is 9.42. The van der Waals surface area contributed by atoms with Crippen LogP contribution in [-0.4, -0.2) is 42.7 Å². The van der Waals surface area contributed by atoms with E-state index in [0.29, 0.717) is 37.0 Å². The third-order valence-electron chi connectivity index (χ3n) is 4.87. The highest BCUT2D eigenvalue weighted by Gasteiger charge is 2.25. The van der Waals surface area contributed by atoms with E-state index in [4.69, 9.17) is 9.47 Å². The van der Waals surface area contributed by atoms with Crippen molar-refractivity contribution in [2.45, 2.75) is 6.42 Å². The van der Waals surface area contributed by atoms with Crippen LogP contribution in [0.3, 0.4) is 0 Å². The van der Waals surface area contributed by atoms with Gasteiger partial charge >= 0.3 is 0 Å². The minimum Gasteiger partial charge on any atom is -0.497 e. The van der Waals surface area contributed by atoms with Crippen LogP contribution in [0.1, 0.15) is 5.56 Å². The van der Waals surface area contributed by atoms with Crippen molar-refractivity contribution in [3.63, 3.8) is 0 Å². The van der Waals surface area contributed by atoms with Crippen LogP contribution in [0.4, 0.5) is 11.5 Å². The van der Waals surface area contributed by atoms with Crippen molar-refractivity contribution in [2.75, 3.05) is 37.0 Å². The summed E-state index contributed by atoms with van der Waals surface area (Å²) in [6.07, 6.45) is 3.64. The van der Waals surface area contributed by atoms with E-state index in [0.717, 1.165) is 28.6 Å². The number of aromatic nitrogens is 2. The molecule has 0 saturated heterocycles. The zero-order valence-electron chi connectivity index (χ0n) is 16.2. The van der Waals surface area contributed by atoms with Crippen molar-refractivity contribution >= 4 is 28.3 Å². The molecule has 0 atom stereocenters. The summed E-state index contributed by atoms with van der Waals surface area (Å²) < 4.78 is 11.2. The van der Waals surface area contributed by atoms with Crippen molar-refractivity contribution in [1.82, 2.24) is 9.97 Å². The Labute approximate surface area is 169 Å². The molecule has 0 radical (unpaired) electrons.